The van der Waals surface area contributed by atoms with E-state index in [9.17, 15) is 15.3 Å². The maximum Gasteiger partial charge on any atom is 0.336 e. The van der Waals surface area contributed by atoms with Crippen LogP contribution in [0.3, 0.4) is 0 Å². The molecule has 1 saturated carbocycles. The number of ether oxygens (including phenoxy) is 1. The fraction of sp³-hybridized carbons (Fsp3) is 0.190. The molecule has 0 saturated heterocycles. The second kappa shape index (κ2) is 6.26. The Morgan fingerprint density at radius 3 is 2.41 bits per heavy atom. The molecule has 2 atom stereocenters. The first kappa shape index (κ1) is 17.3. The highest BCUT2D eigenvalue weighted by atomic mass is 79.9. The van der Waals surface area contributed by atoms with Gasteiger partial charge in [-0.25, -0.2) is 4.79 Å². The predicted octanol–water partition coefficient (Wildman–Crippen LogP) is 4.48. The Bertz CT molecular complexity index is 1170. The molecule has 6 heteroatoms. The second-order valence-corrected chi connectivity index (χ2v) is 7.40. The van der Waals surface area contributed by atoms with Crippen LogP contribution in [0, 0.1) is 28.1 Å². The molecule has 1 heterocycles. The lowest BCUT2D eigenvalue weighted by Gasteiger charge is -2.06. The summed E-state index contributed by atoms with van der Waals surface area (Å²) < 4.78 is 11.3. The molecule has 4 rings (SSSR count). The molecule has 1 aliphatic carbocycles. The standard InChI is InChI=1S/C21H13BrN2O3/c1-26-14-5-2-12(3-6-14)19-20(21(19,10-23)11-24)16-9-18(25)27-17-7-4-13(22)8-15(16)17/h2-9,19-20H,1H3. The van der Waals surface area contributed by atoms with Crippen LogP contribution in [0.4, 0.5) is 0 Å². The number of benzene rings is 2. The van der Waals surface area contributed by atoms with Crippen LogP contribution in [0.1, 0.15) is 23.0 Å². The van der Waals surface area contributed by atoms with E-state index in [0.29, 0.717) is 16.9 Å². The number of fused-ring (bicyclic) bond motifs is 1. The molecule has 2 unspecified atom stereocenters. The van der Waals surface area contributed by atoms with Gasteiger partial charge in [-0.05, 0) is 41.5 Å². The fourth-order valence-corrected chi connectivity index (χ4v) is 4.16. The van der Waals surface area contributed by atoms with Crippen molar-refractivity contribution in [2.75, 3.05) is 7.11 Å². The summed E-state index contributed by atoms with van der Waals surface area (Å²) in [5.41, 5.74) is 0.236. The topological polar surface area (TPSA) is 87.0 Å². The number of halogens is 1. The number of hydrogen-bond donors (Lipinski definition) is 0. The molecule has 0 spiro atoms. The molecule has 5 nitrogen and oxygen atoms in total. The maximum absolute atomic E-state index is 12.1. The molecule has 0 amide bonds. The van der Waals surface area contributed by atoms with Gasteiger partial charge in [0.2, 0.25) is 0 Å². The van der Waals surface area contributed by atoms with E-state index < -0.39 is 17.0 Å². The summed E-state index contributed by atoms with van der Waals surface area (Å²) >= 11 is 3.43. The smallest absolute Gasteiger partial charge is 0.336 e. The van der Waals surface area contributed by atoms with E-state index in [-0.39, 0.29) is 5.92 Å². The SMILES string of the molecule is COc1ccc(C2C(c3cc(=O)oc4ccc(Br)cc34)C2(C#N)C#N)cc1. The van der Waals surface area contributed by atoms with Crippen molar-refractivity contribution in [3.63, 3.8) is 0 Å². The number of nitriles is 2. The molecular formula is C21H13BrN2O3. The van der Waals surface area contributed by atoms with Crippen molar-refractivity contribution in [2.24, 2.45) is 5.41 Å². The first-order valence-electron chi connectivity index (χ1n) is 8.24. The highest BCUT2D eigenvalue weighted by molar-refractivity contribution is 9.10. The van der Waals surface area contributed by atoms with Crippen LogP contribution >= 0.6 is 15.9 Å². The highest BCUT2D eigenvalue weighted by Crippen LogP contribution is 2.70. The minimum absolute atomic E-state index is 0.331. The lowest BCUT2D eigenvalue weighted by atomic mass is 9.99. The average molecular weight is 421 g/mol. The van der Waals surface area contributed by atoms with Crippen LogP contribution in [0.15, 0.2) is 62.2 Å². The summed E-state index contributed by atoms with van der Waals surface area (Å²) in [6, 6.07) is 18.4. The van der Waals surface area contributed by atoms with E-state index in [2.05, 4.69) is 28.1 Å². The van der Waals surface area contributed by atoms with Gasteiger partial charge in [0.15, 0.2) is 5.41 Å². The van der Waals surface area contributed by atoms with Crippen molar-refractivity contribution < 1.29 is 9.15 Å². The zero-order valence-corrected chi connectivity index (χ0v) is 15.9. The zero-order valence-electron chi connectivity index (χ0n) is 14.3. The quantitative estimate of drug-likeness (QED) is 0.582. The number of hydrogen-bond acceptors (Lipinski definition) is 5. The third-order valence-electron chi connectivity index (χ3n) is 5.12. The summed E-state index contributed by atoms with van der Waals surface area (Å²) in [6.45, 7) is 0. The fourth-order valence-electron chi connectivity index (χ4n) is 3.80. The van der Waals surface area contributed by atoms with E-state index >= 15 is 0 Å². The molecular weight excluding hydrogens is 408 g/mol. The Kier molecular flexibility index (Phi) is 4.02. The molecule has 2 aromatic carbocycles. The van der Waals surface area contributed by atoms with Crippen LogP contribution < -0.4 is 10.4 Å². The van der Waals surface area contributed by atoms with Crippen molar-refractivity contribution in [2.45, 2.75) is 11.8 Å². The Labute approximate surface area is 163 Å². The van der Waals surface area contributed by atoms with Gasteiger partial charge >= 0.3 is 5.63 Å². The predicted molar refractivity (Wildman–Crippen MR) is 102 cm³/mol. The minimum atomic E-state index is -1.22. The maximum atomic E-state index is 12.1. The van der Waals surface area contributed by atoms with E-state index in [1.54, 1.807) is 31.4 Å². The van der Waals surface area contributed by atoms with Gasteiger partial charge in [-0.2, -0.15) is 10.5 Å². The van der Waals surface area contributed by atoms with Crippen LogP contribution in [-0.4, -0.2) is 7.11 Å². The summed E-state index contributed by atoms with van der Waals surface area (Å²) in [5, 5.41) is 20.3. The highest BCUT2D eigenvalue weighted by Gasteiger charge is 2.68. The van der Waals surface area contributed by atoms with Crippen LogP contribution in [0.2, 0.25) is 0 Å². The van der Waals surface area contributed by atoms with Gasteiger partial charge < -0.3 is 9.15 Å². The zero-order chi connectivity index (χ0) is 19.2. The molecule has 3 aromatic rings. The first-order valence-corrected chi connectivity index (χ1v) is 9.03. The van der Waals surface area contributed by atoms with E-state index in [1.807, 2.05) is 18.2 Å². The Morgan fingerprint density at radius 1 is 1.07 bits per heavy atom. The monoisotopic (exact) mass is 420 g/mol. The van der Waals surface area contributed by atoms with Gasteiger partial charge in [0.1, 0.15) is 11.3 Å². The lowest BCUT2D eigenvalue weighted by Crippen LogP contribution is -2.03. The third-order valence-corrected chi connectivity index (χ3v) is 5.62. The summed E-state index contributed by atoms with van der Waals surface area (Å²) in [5.74, 6) is -0.0469. The van der Waals surface area contributed by atoms with Gasteiger partial charge in [-0.1, -0.05) is 28.1 Å². The summed E-state index contributed by atoms with van der Waals surface area (Å²) in [7, 11) is 1.58. The summed E-state index contributed by atoms with van der Waals surface area (Å²) in [6.07, 6.45) is 0. The van der Waals surface area contributed by atoms with Crippen molar-refractivity contribution in [3.8, 4) is 17.9 Å². The molecule has 1 aromatic heterocycles. The van der Waals surface area contributed by atoms with Crippen molar-refractivity contribution in [1.82, 2.24) is 0 Å². The second-order valence-electron chi connectivity index (χ2n) is 6.48. The van der Waals surface area contributed by atoms with Crippen molar-refractivity contribution >= 4 is 26.9 Å². The van der Waals surface area contributed by atoms with E-state index in [4.69, 9.17) is 9.15 Å². The molecule has 0 bridgehead atoms. The van der Waals surface area contributed by atoms with Gasteiger partial charge in [-0.3, -0.25) is 0 Å². The molecule has 0 radical (unpaired) electrons. The largest absolute Gasteiger partial charge is 0.497 e. The van der Waals surface area contributed by atoms with Crippen molar-refractivity contribution in [3.05, 3.63) is 74.6 Å². The first-order chi connectivity index (χ1) is 13.0. The van der Waals surface area contributed by atoms with Gasteiger partial charge in [0, 0.05) is 27.8 Å². The van der Waals surface area contributed by atoms with Crippen molar-refractivity contribution in [1.29, 1.82) is 10.5 Å². The lowest BCUT2D eigenvalue weighted by molar-refractivity contribution is 0.414. The van der Waals surface area contributed by atoms with Gasteiger partial charge in [0.05, 0.1) is 19.2 Å². The molecule has 27 heavy (non-hydrogen) atoms. The Hall–Kier alpha value is -3.09. The van der Waals surface area contributed by atoms with Crippen LogP contribution in [0.5, 0.6) is 5.75 Å². The van der Waals surface area contributed by atoms with Gasteiger partial charge in [0.25, 0.3) is 0 Å². The number of nitrogens with zero attached hydrogens (tertiary/aromatic N) is 2. The molecule has 0 N–H and O–H groups in total. The normalized spacial score (nSPS) is 19.9. The molecule has 0 aliphatic heterocycles. The third kappa shape index (κ3) is 2.61. The van der Waals surface area contributed by atoms with E-state index in [1.165, 1.54) is 6.07 Å². The number of rotatable bonds is 3. The van der Waals surface area contributed by atoms with E-state index in [0.717, 1.165) is 15.4 Å². The molecule has 1 aliphatic rings. The Balaban J connectivity index is 1.91. The molecule has 1 fully saturated rings. The van der Waals surface area contributed by atoms with Crippen LogP contribution in [-0.2, 0) is 0 Å². The summed E-state index contributed by atoms with van der Waals surface area (Å²) in [4.78, 5) is 12.1. The Morgan fingerprint density at radius 2 is 1.78 bits per heavy atom. The number of methoxy groups -OCH3 is 1. The van der Waals surface area contributed by atoms with Gasteiger partial charge in [-0.15, -0.1) is 0 Å². The van der Waals surface area contributed by atoms with Crippen LogP contribution in [0.25, 0.3) is 11.0 Å². The molecule has 132 valence electrons. The minimum Gasteiger partial charge on any atom is -0.497 e. The average Bonchev–Trinajstić information content (AvgIpc) is 3.37.